The Morgan fingerprint density at radius 3 is 2.28 bits per heavy atom. The lowest BCUT2D eigenvalue weighted by atomic mass is 10.1. The standard InChI is InChI=1S/C26H45N5O/c1-2-3-4-5-6-7-8-11-17-31-22-23(24-12-9-10-13-25(24)31)21-26(32)29-16-20-30(18-14-27)19-15-28/h9-10,12-13,22H,2-8,11,14-21,27-28H2,1H3,(H,29,32). The van der Waals surface area contributed by atoms with Crippen molar-refractivity contribution in [3.63, 3.8) is 0 Å². The molecule has 1 amide bonds. The van der Waals surface area contributed by atoms with Crippen LogP contribution >= 0.6 is 0 Å². The van der Waals surface area contributed by atoms with Gasteiger partial charge in [0.1, 0.15) is 0 Å². The van der Waals surface area contributed by atoms with Gasteiger partial charge in [-0.3, -0.25) is 9.69 Å². The van der Waals surface area contributed by atoms with Gasteiger partial charge in [-0.2, -0.15) is 0 Å². The molecule has 1 aromatic heterocycles. The lowest BCUT2D eigenvalue weighted by Gasteiger charge is -2.20. The Morgan fingerprint density at radius 1 is 0.938 bits per heavy atom. The SMILES string of the molecule is CCCCCCCCCCn1cc(CC(=O)NCCN(CCN)CCN)c2ccccc21. The summed E-state index contributed by atoms with van der Waals surface area (Å²) in [5, 5.41) is 4.25. The number of aromatic nitrogens is 1. The second-order valence-corrected chi connectivity index (χ2v) is 8.79. The first kappa shape index (κ1) is 26.4. The van der Waals surface area contributed by atoms with Gasteiger partial charge in [0.2, 0.25) is 5.91 Å². The Bertz CT molecular complexity index is 767. The first-order valence-electron chi connectivity index (χ1n) is 12.7. The monoisotopic (exact) mass is 443 g/mol. The number of benzene rings is 1. The summed E-state index contributed by atoms with van der Waals surface area (Å²) in [5.41, 5.74) is 13.6. The highest BCUT2D eigenvalue weighted by Crippen LogP contribution is 2.22. The van der Waals surface area contributed by atoms with Crippen LogP contribution < -0.4 is 16.8 Å². The third-order valence-corrected chi connectivity index (χ3v) is 6.12. The predicted octanol–water partition coefficient (Wildman–Crippen LogP) is 3.66. The zero-order valence-corrected chi connectivity index (χ0v) is 20.2. The lowest BCUT2D eigenvalue weighted by Crippen LogP contribution is -2.40. The smallest absolute Gasteiger partial charge is 0.224 e. The average Bonchev–Trinajstić information content (AvgIpc) is 3.13. The Hall–Kier alpha value is -1.89. The third kappa shape index (κ3) is 9.31. The van der Waals surface area contributed by atoms with E-state index in [9.17, 15) is 4.79 Å². The molecule has 1 heterocycles. The van der Waals surface area contributed by atoms with Crippen molar-refractivity contribution in [2.75, 3.05) is 39.3 Å². The van der Waals surface area contributed by atoms with Crippen LogP contribution in [-0.4, -0.2) is 54.6 Å². The molecule has 32 heavy (non-hydrogen) atoms. The summed E-state index contributed by atoms with van der Waals surface area (Å²) >= 11 is 0. The highest BCUT2D eigenvalue weighted by atomic mass is 16.1. The summed E-state index contributed by atoms with van der Waals surface area (Å²) in [4.78, 5) is 14.8. The fourth-order valence-electron chi connectivity index (χ4n) is 4.35. The number of unbranched alkanes of at least 4 members (excludes halogenated alkanes) is 7. The second kappa shape index (κ2) is 15.8. The van der Waals surface area contributed by atoms with E-state index in [1.165, 1.54) is 62.3 Å². The van der Waals surface area contributed by atoms with Crippen LogP contribution in [0.3, 0.4) is 0 Å². The van der Waals surface area contributed by atoms with E-state index in [0.717, 1.165) is 31.7 Å². The fourth-order valence-corrected chi connectivity index (χ4v) is 4.35. The van der Waals surface area contributed by atoms with Crippen molar-refractivity contribution in [1.29, 1.82) is 0 Å². The van der Waals surface area contributed by atoms with Gasteiger partial charge in [-0.25, -0.2) is 0 Å². The van der Waals surface area contributed by atoms with E-state index in [0.29, 0.717) is 26.1 Å². The highest BCUT2D eigenvalue weighted by Gasteiger charge is 2.12. The number of amides is 1. The quantitative estimate of drug-likeness (QED) is 0.307. The predicted molar refractivity (Wildman–Crippen MR) is 136 cm³/mol. The van der Waals surface area contributed by atoms with Crippen LogP contribution in [0.2, 0.25) is 0 Å². The number of hydrogen-bond donors (Lipinski definition) is 3. The van der Waals surface area contributed by atoms with Crippen molar-refractivity contribution >= 4 is 16.8 Å². The molecule has 5 N–H and O–H groups in total. The molecule has 0 aliphatic rings. The molecule has 0 spiro atoms. The molecule has 2 aromatic rings. The summed E-state index contributed by atoms with van der Waals surface area (Å²) in [6, 6.07) is 8.44. The van der Waals surface area contributed by atoms with Crippen molar-refractivity contribution in [1.82, 2.24) is 14.8 Å². The topological polar surface area (TPSA) is 89.3 Å². The van der Waals surface area contributed by atoms with E-state index in [1.54, 1.807) is 0 Å². The van der Waals surface area contributed by atoms with Crippen LogP contribution in [0.25, 0.3) is 10.9 Å². The van der Waals surface area contributed by atoms with E-state index in [4.69, 9.17) is 11.5 Å². The molecule has 0 aliphatic carbocycles. The van der Waals surface area contributed by atoms with Crippen LogP contribution in [-0.2, 0) is 17.8 Å². The summed E-state index contributed by atoms with van der Waals surface area (Å²) in [6.45, 7) is 7.50. The van der Waals surface area contributed by atoms with Crippen LogP contribution in [0.15, 0.2) is 30.5 Å². The van der Waals surface area contributed by atoms with Crippen molar-refractivity contribution in [3.8, 4) is 0 Å². The van der Waals surface area contributed by atoms with E-state index in [-0.39, 0.29) is 5.91 Å². The minimum absolute atomic E-state index is 0.0698. The van der Waals surface area contributed by atoms with Gasteiger partial charge in [-0.15, -0.1) is 0 Å². The summed E-state index contributed by atoms with van der Waals surface area (Å²) < 4.78 is 2.33. The molecule has 6 heteroatoms. The van der Waals surface area contributed by atoms with Crippen LogP contribution in [0.5, 0.6) is 0 Å². The van der Waals surface area contributed by atoms with Crippen molar-refractivity contribution in [3.05, 3.63) is 36.0 Å². The third-order valence-electron chi connectivity index (χ3n) is 6.12. The minimum atomic E-state index is 0.0698. The number of fused-ring (bicyclic) bond motifs is 1. The van der Waals surface area contributed by atoms with Crippen LogP contribution in [0.1, 0.15) is 63.9 Å². The molecule has 6 nitrogen and oxygen atoms in total. The zero-order chi connectivity index (χ0) is 23.0. The van der Waals surface area contributed by atoms with Crippen LogP contribution in [0, 0.1) is 0 Å². The first-order valence-corrected chi connectivity index (χ1v) is 12.7. The number of carbonyl (C=O) groups excluding carboxylic acids is 1. The molecule has 2 rings (SSSR count). The molecule has 180 valence electrons. The maximum absolute atomic E-state index is 12.6. The van der Waals surface area contributed by atoms with E-state index >= 15 is 0 Å². The first-order chi connectivity index (χ1) is 15.7. The average molecular weight is 444 g/mol. The second-order valence-electron chi connectivity index (χ2n) is 8.79. The van der Waals surface area contributed by atoms with Gasteiger partial charge >= 0.3 is 0 Å². The largest absolute Gasteiger partial charge is 0.355 e. The number of nitrogens with zero attached hydrogens (tertiary/aromatic N) is 2. The highest BCUT2D eigenvalue weighted by molar-refractivity contribution is 5.89. The maximum Gasteiger partial charge on any atom is 0.224 e. The number of rotatable bonds is 18. The summed E-state index contributed by atoms with van der Waals surface area (Å²) in [6.07, 6.45) is 13.2. The minimum Gasteiger partial charge on any atom is -0.355 e. The molecule has 0 saturated carbocycles. The fraction of sp³-hybridized carbons (Fsp3) is 0.654. The van der Waals surface area contributed by atoms with E-state index in [2.05, 4.69) is 52.2 Å². The van der Waals surface area contributed by atoms with Gasteiger partial charge in [-0.05, 0) is 18.1 Å². The number of carbonyl (C=O) groups is 1. The Labute approximate surface area is 194 Å². The van der Waals surface area contributed by atoms with Gasteiger partial charge in [0.05, 0.1) is 6.42 Å². The number of aryl methyl sites for hydroxylation is 1. The Morgan fingerprint density at radius 2 is 1.59 bits per heavy atom. The number of hydrogen-bond acceptors (Lipinski definition) is 4. The van der Waals surface area contributed by atoms with Gasteiger partial charge in [0.25, 0.3) is 0 Å². The van der Waals surface area contributed by atoms with Gasteiger partial charge in [-0.1, -0.05) is 70.1 Å². The molecule has 0 bridgehead atoms. The van der Waals surface area contributed by atoms with Gasteiger partial charge in [0.15, 0.2) is 0 Å². The molecule has 0 unspecified atom stereocenters. The molecule has 1 aromatic carbocycles. The normalized spacial score (nSPS) is 11.5. The number of para-hydroxylation sites is 1. The molecule has 0 fully saturated rings. The summed E-state index contributed by atoms with van der Waals surface area (Å²) in [7, 11) is 0. The Balaban J connectivity index is 1.82. The molecule has 0 saturated heterocycles. The van der Waals surface area contributed by atoms with Crippen molar-refractivity contribution in [2.24, 2.45) is 11.5 Å². The zero-order valence-electron chi connectivity index (χ0n) is 20.2. The molecule has 0 aliphatic heterocycles. The van der Waals surface area contributed by atoms with Crippen molar-refractivity contribution < 1.29 is 4.79 Å². The lowest BCUT2D eigenvalue weighted by molar-refractivity contribution is -0.120. The van der Waals surface area contributed by atoms with E-state index < -0.39 is 0 Å². The Kier molecular flexibility index (Phi) is 13.0. The molecular weight excluding hydrogens is 398 g/mol. The molecule has 0 atom stereocenters. The van der Waals surface area contributed by atoms with Gasteiger partial charge < -0.3 is 21.4 Å². The van der Waals surface area contributed by atoms with Gasteiger partial charge in [0, 0.05) is 62.9 Å². The van der Waals surface area contributed by atoms with Crippen molar-refractivity contribution in [2.45, 2.75) is 71.3 Å². The van der Waals surface area contributed by atoms with Crippen LogP contribution in [0.4, 0.5) is 0 Å². The molecular formula is C26H45N5O. The van der Waals surface area contributed by atoms with E-state index in [1.807, 2.05) is 0 Å². The number of nitrogens with one attached hydrogen (secondary N) is 1. The number of nitrogens with two attached hydrogens (primary N) is 2. The molecule has 0 radical (unpaired) electrons. The summed E-state index contributed by atoms with van der Waals surface area (Å²) in [5.74, 6) is 0.0698. The maximum atomic E-state index is 12.6.